The van der Waals surface area contributed by atoms with Crippen molar-refractivity contribution in [3.05, 3.63) is 71.1 Å². The first-order valence-corrected chi connectivity index (χ1v) is 13.5. The summed E-state index contributed by atoms with van der Waals surface area (Å²) in [5.74, 6) is 0. The normalized spacial score (nSPS) is 18.7. The lowest BCUT2D eigenvalue weighted by Gasteiger charge is -2.34. The molecule has 0 bridgehead atoms. The van der Waals surface area contributed by atoms with E-state index >= 15 is 0 Å². The summed E-state index contributed by atoms with van der Waals surface area (Å²) in [5, 5.41) is 3.00. The van der Waals surface area contributed by atoms with Crippen LogP contribution in [-0.2, 0) is 13.0 Å². The maximum absolute atomic E-state index is 12.4. The monoisotopic (exact) mass is 485 g/mol. The number of urea groups is 1. The molecule has 1 saturated heterocycles. The van der Waals surface area contributed by atoms with Crippen molar-refractivity contribution < 1.29 is 4.79 Å². The van der Waals surface area contributed by atoms with Gasteiger partial charge in [-0.25, -0.2) is 4.79 Å². The molecule has 0 saturated carbocycles. The van der Waals surface area contributed by atoms with Gasteiger partial charge in [-0.05, 0) is 55.2 Å². The van der Waals surface area contributed by atoms with E-state index in [-0.39, 0.29) is 12.1 Å². The molecule has 0 atom stereocenters. The van der Waals surface area contributed by atoms with E-state index in [1.807, 2.05) is 24.9 Å². The summed E-state index contributed by atoms with van der Waals surface area (Å²) in [6.07, 6.45) is 8.29. The standard InChI is InChI=1S/C30H39N5O/c1-4-33-15-17-34(18-16-33)21-23-5-7-24(8-6-23)26-19-28-27(9-10-29(28)31-20-26)25-11-13-35(14-12-25)30(36)32-22(2)3/h5-9,11,19-20,22H,4,10,12-18,21H2,1-3H3,(H,32,36). The first-order valence-electron chi connectivity index (χ1n) is 13.5. The number of nitrogens with one attached hydrogen (secondary N) is 1. The van der Waals surface area contributed by atoms with Crippen molar-refractivity contribution in [2.45, 2.75) is 46.2 Å². The lowest BCUT2D eigenvalue weighted by Crippen LogP contribution is -2.45. The largest absolute Gasteiger partial charge is 0.336 e. The smallest absolute Gasteiger partial charge is 0.317 e. The number of benzene rings is 1. The minimum atomic E-state index is 0.0247. The van der Waals surface area contributed by atoms with E-state index in [1.165, 1.54) is 46.5 Å². The molecule has 1 aromatic carbocycles. The van der Waals surface area contributed by atoms with Crippen LogP contribution in [0.5, 0.6) is 0 Å². The van der Waals surface area contributed by atoms with Crippen molar-refractivity contribution in [2.75, 3.05) is 45.8 Å². The molecule has 5 rings (SSSR count). The number of hydrogen-bond donors (Lipinski definition) is 1. The van der Waals surface area contributed by atoms with Crippen LogP contribution in [0.25, 0.3) is 16.7 Å². The van der Waals surface area contributed by atoms with Crippen LogP contribution in [0.1, 0.15) is 44.0 Å². The van der Waals surface area contributed by atoms with Crippen LogP contribution in [0.3, 0.4) is 0 Å². The molecule has 0 spiro atoms. The van der Waals surface area contributed by atoms with Gasteiger partial charge in [0.25, 0.3) is 0 Å². The average molecular weight is 486 g/mol. The Bertz CT molecular complexity index is 1140. The van der Waals surface area contributed by atoms with Gasteiger partial charge in [0.05, 0.1) is 5.69 Å². The number of hydrogen-bond acceptors (Lipinski definition) is 4. The molecule has 2 aliphatic heterocycles. The number of amides is 2. The summed E-state index contributed by atoms with van der Waals surface area (Å²) in [7, 11) is 0. The number of carbonyl (C=O) groups is 1. The Balaban J connectivity index is 1.25. The second-order valence-corrected chi connectivity index (χ2v) is 10.5. The second kappa shape index (κ2) is 11.0. The van der Waals surface area contributed by atoms with E-state index < -0.39 is 0 Å². The molecule has 190 valence electrons. The molecular formula is C30H39N5O. The molecule has 3 heterocycles. The van der Waals surface area contributed by atoms with E-state index in [0.29, 0.717) is 6.54 Å². The molecule has 6 nitrogen and oxygen atoms in total. The maximum atomic E-state index is 12.4. The van der Waals surface area contributed by atoms with E-state index in [4.69, 9.17) is 4.98 Å². The molecule has 1 fully saturated rings. The number of allylic oxidation sites excluding steroid dienone is 2. The van der Waals surface area contributed by atoms with Crippen LogP contribution >= 0.6 is 0 Å². The predicted octanol–water partition coefficient (Wildman–Crippen LogP) is 4.58. The molecule has 2 aromatic rings. The number of nitrogens with zero attached hydrogens (tertiary/aromatic N) is 4. The van der Waals surface area contributed by atoms with Crippen molar-refractivity contribution in [1.29, 1.82) is 0 Å². The van der Waals surface area contributed by atoms with Crippen molar-refractivity contribution in [1.82, 2.24) is 25.0 Å². The van der Waals surface area contributed by atoms with Gasteiger partial charge in [-0.2, -0.15) is 0 Å². The number of rotatable bonds is 6. The van der Waals surface area contributed by atoms with Crippen LogP contribution in [0.4, 0.5) is 4.79 Å². The number of carbonyl (C=O) groups excluding carboxylic acids is 1. The Kier molecular flexibility index (Phi) is 7.54. The molecule has 1 aliphatic carbocycles. The maximum Gasteiger partial charge on any atom is 0.317 e. The first-order chi connectivity index (χ1) is 17.5. The minimum Gasteiger partial charge on any atom is -0.336 e. The van der Waals surface area contributed by atoms with Gasteiger partial charge in [0, 0.05) is 75.6 Å². The van der Waals surface area contributed by atoms with Gasteiger partial charge in [-0.3, -0.25) is 9.88 Å². The van der Waals surface area contributed by atoms with E-state index in [2.05, 4.69) is 64.5 Å². The Morgan fingerprint density at radius 2 is 1.75 bits per heavy atom. The summed E-state index contributed by atoms with van der Waals surface area (Å²) in [6, 6.07) is 11.5. The number of piperazine rings is 1. The molecular weight excluding hydrogens is 446 g/mol. The summed E-state index contributed by atoms with van der Waals surface area (Å²) in [6.45, 7) is 14.5. The van der Waals surface area contributed by atoms with Gasteiger partial charge in [0.1, 0.15) is 0 Å². The highest BCUT2D eigenvalue weighted by molar-refractivity contribution is 5.86. The fourth-order valence-electron chi connectivity index (χ4n) is 5.42. The molecule has 0 radical (unpaired) electrons. The predicted molar refractivity (Wildman–Crippen MR) is 147 cm³/mol. The Morgan fingerprint density at radius 1 is 1.00 bits per heavy atom. The summed E-state index contributed by atoms with van der Waals surface area (Å²) in [4.78, 5) is 24.1. The molecule has 6 heteroatoms. The van der Waals surface area contributed by atoms with Crippen molar-refractivity contribution in [3.8, 4) is 11.1 Å². The Morgan fingerprint density at radius 3 is 2.42 bits per heavy atom. The minimum absolute atomic E-state index is 0.0247. The van der Waals surface area contributed by atoms with Gasteiger partial charge in [0.15, 0.2) is 0 Å². The number of fused-ring (bicyclic) bond motifs is 1. The highest BCUT2D eigenvalue weighted by Crippen LogP contribution is 2.36. The van der Waals surface area contributed by atoms with Crippen LogP contribution in [-0.4, -0.2) is 77.6 Å². The fraction of sp³-hybridized carbons (Fsp3) is 0.467. The highest BCUT2D eigenvalue weighted by Gasteiger charge is 2.24. The third-order valence-electron chi connectivity index (χ3n) is 7.62. The molecule has 0 unspecified atom stereocenters. The lowest BCUT2D eigenvalue weighted by atomic mass is 9.94. The zero-order valence-corrected chi connectivity index (χ0v) is 22.0. The number of likely N-dealkylation sites (N-methyl/N-ethyl adjacent to an activating group) is 1. The van der Waals surface area contributed by atoms with Crippen molar-refractivity contribution >= 4 is 11.6 Å². The number of pyridine rings is 1. The van der Waals surface area contributed by atoms with Crippen LogP contribution in [0.15, 0.2) is 54.3 Å². The zero-order chi connectivity index (χ0) is 25.1. The van der Waals surface area contributed by atoms with Crippen molar-refractivity contribution in [2.24, 2.45) is 0 Å². The lowest BCUT2D eigenvalue weighted by molar-refractivity contribution is 0.132. The molecule has 2 amide bonds. The van der Waals surface area contributed by atoms with Crippen LogP contribution < -0.4 is 5.32 Å². The summed E-state index contributed by atoms with van der Waals surface area (Å²) in [5.41, 5.74) is 8.78. The van der Waals surface area contributed by atoms with E-state index in [9.17, 15) is 4.79 Å². The average Bonchev–Trinajstić information content (AvgIpc) is 3.32. The Labute approximate surface area is 215 Å². The topological polar surface area (TPSA) is 51.7 Å². The quantitative estimate of drug-likeness (QED) is 0.651. The van der Waals surface area contributed by atoms with Gasteiger partial charge in [0.2, 0.25) is 0 Å². The van der Waals surface area contributed by atoms with Crippen molar-refractivity contribution in [3.63, 3.8) is 0 Å². The van der Waals surface area contributed by atoms with Crippen LogP contribution in [0, 0.1) is 0 Å². The van der Waals surface area contributed by atoms with Gasteiger partial charge in [-0.15, -0.1) is 0 Å². The third-order valence-corrected chi connectivity index (χ3v) is 7.62. The Hall–Kier alpha value is -2.96. The molecule has 1 aromatic heterocycles. The molecule has 1 N–H and O–H groups in total. The molecule has 3 aliphatic rings. The van der Waals surface area contributed by atoms with Gasteiger partial charge < -0.3 is 15.1 Å². The van der Waals surface area contributed by atoms with Crippen LogP contribution in [0.2, 0.25) is 0 Å². The second-order valence-electron chi connectivity index (χ2n) is 10.5. The highest BCUT2D eigenvalue weighted by atomic mass is 16.2. The van der Waals surface area contributed by atoms with Gasteiger partial charge in [-0.1, -0.05) is 43.3 Å². The van der Waals surface area contributed by atoms with Gasteiger partial charge >= 0.3 is 6.03 Å². The summed E-state index contributed by atoms with van der Waals surface area (Å²) >= 11 is 0. The number of aromatic nitrogens is 1. The SMILES string of the molecule is CCN1CCN(Cc2ccc(-c3cnc4c(c3)C(C3=CCN(C(=O)NC(C)C)CC3)=CC4)cc2)CC1. The first kappa shape index (κ1) is 24.7. The third kappa shape index (κ3) is 5.55. The zero-order valence-electron chi connectivity index (χ0n) is 22.0. The molecule has 36 heavy (non-hydrogen) atoms. The van der Waals surface area contributed by atoms with E-state index in [0.717, 1.165) is 51.3 Å². The summed E-state index contributed by atoms with van der Waals surface area (Å²) < 4.78 is 0. The fourth-order valence-corrected chi connectivity index (χ4v) is 5.42. The van der Waals surface area contributed by atoms with E-state index in [1.54, 1.807) is 0 Å².